The molecule has 2 rings (SSSR count). The maximum absolute atomic E-state index is 10.5. The standard InChI is InChI=1S/C13H19N3O2/c17-16(18)13-9-8-12(10-14-13)15-11-6-4-2-1-3-5-7-11/h8-11,15H,1-7H2. The van der Waals surface area contributed by atoms with Crippen LogP contribution in [0.4, 0.5) is 11.5 Å². The first-order valence-electron chi connectivity index (χ1n) is 6.63. The molecule has 18 heavy (non-hydrogen) atoms. The van der Waals surface area contributed by atoms with Crippen LogP contribution in [-0.2, 0) is 0 Å². The van der Waals surface area contributed by atoms with Gasteiger partial charge in [0.1, 0.15) is 0 Å². The van der Waals surface area contributed by atoms with Gasteiger partial charge in [-0.1, -0.05) is 32.1 Å². The molecule has 0 saturated heterocycles. The second-order valence-electron chi connectivity index (χ2n) is 4.85. The maximum atomic E-state index is 10.5. The number of hydrogen-bond donors (Lipinski definition) is 1. The molecular weight excluding hydrogens is 230 g/mol. The third-order valence-electron chi connectivity index (χ3n) is 3.41. The molecule has 0 bridgehead atoms. The number of rotatable bonds is 3. The van der Waals surface area contributed by atoms with Crippen molar-refractivity contribution in [3.8, 4) is 0 Å². The van der Waals surface area contributed by atoms with Crippen molar-refractivity contribution in [2.24, 2.45) is 0 Å². The molecule has 1 saturated carbocycles. The molecule has 1 N–H and O–H groups in total. The number of aromatic nitrogens is 1. The van der Waals surface area contributed by atoms with Crippen LogP contribution in [0, 0.1) is 10.1 Å². The summed E-state index contributed by atoms with van der Waals surface area (Å²) in [4.78, 5) is 13.9. The van der Waals surface area contributed by atoms with Crippen molar-refractivity contribution in [2.45, 2.75) is 51.0 Å². The summed E-state index contributed by atoms with van der Waals surface area (Å²) in [5.41, 5.74) is 0.881. The van der Waals surface area contributed by atoms with Gasteiger partial charge in [0, 0.05) is 12.1 Å². The highest BCUT2D eigenvalue weighted by Crippen LogP contribution is 2.21. The topological polar surface area (TPSA) is 68.1 Å². The zero-order valence-electron chi connectivity index (χ0n) is 10.5. The molecule has 0 amide bonds. The van der Waals surface area contributed by atoms with Gasteiger partial charge in [0.15, 0.2) is 6.20 Å². The van der Waals surface area contributed by atoms with E-state index in [1.54, 1.807) is 12.3 Å². The Morgan fingerprint density at radius 3 is 2.39 bits per heavy atom. The Morgan fingerprint density at radius 1 is 1.17 bits per heavy atom. The minimum absolute atomic E-state index is 0.0989. The Labute approximate surface area is 107 Å². The van der Waals surface area contributed by atoms with Crippen molar-refractivity contribution in [1.29, 1.82) is 0 Å². The molecule has 0 atom stereocenters. The van der Waals surface area contributed by atoms with E-state index in [4.69, 9.17) is 0 Å². The van der Waals surface area contributed by atoms with Gasteiger partial charge in [-0.2, -0.15) is 0 Å². The lowest BCUT2D eigenvalue weighted by Gasteiger charge is -2.21. The van der Waals surface area contributed by atoms with Gasteiger partial charge in [0.25, 0.3) is 0 Å². The van der Waals surface area contributed by atoms with Gasteiger partial charge in [-0.05, 0) is 28.8 Å². The monoisotopic (exact) mass is 249 g/mol. The Balaban J connectivity index is 1.92. The Hall–Kier alpha value is -1.65. The van der Waals surface area contributed by atoms with Gasteiger partial charge in [-0.15, -0.1) is 0 Å². The predicted molar refractivity (Wildman–Crippen MR) is 70.6 cm³/mol. The van der Waals surface area contributed by atoms with E-state index in [0.717, 1.165) is 5.69 Å². The predicted octanol–water partition coefficient (Wildman–Crippen LogP) is 3.51. The molecule has 1 aromatic heterocycles. The summed E-state index contributed by atoms with van der Waals surface area (Å²) in [5.74, 6) is -0.0989. The van der Waals surface area contributed by atoms with E-state index in [-0.39, 0.29) is 5.82 Å². The van der Waals surface area contributed by atoms with Gasteiger partial charge >= 0.3 is 5.82 Å². The van der Waals surface area contributed by atoms with Gasteiger partial charge in [-0.3, -0.25) is 0 Å². The first-order chi connectivity index (χ1) is 8.75. The number of nitrogens with one attached hydrogen (secondary N) is 1. The van der Waals surface area contributed by atoms with Gasteiger partial charge in [0.2, 0.25) is 0 Å². The van der Waals surface area contributed by atoms with E-state index in [2.05, 4.69) is 10.3 Å². The third-order valence-corrected chi connectivity index (χ3v) is 3.41. The molecule has 0 aliphatic heterocycles. The summed E-state index contributed by atoms with van der Waals surface area (Å²) in [6.07, 6.45) is 10.4. The van der Waals surface area contributed by atoms with Crippen molar-refractivity contribution >= 4 is 11.5 Å². The summed E-state index contributed by atoms with van der Waals surface area (Å²) >= 11 is 0. The van der Waals surface area contributed by atoms with E-state index in [0.29, 0.717) is 6.04 Å². The van der Waals surface area contributed by atoms with Crippen LogP contribution < -0.4 is 5.32 Å². The fraction of sp³-hybridized carbons (Fsp3) is 0.615. The first kappa shape index (κ1) is 12.8. The second-order valence-corrected chi connectivity index (χ2v) is 4.85. The molecule has 1 aliphatic rings. The van der Waals surface area contributed by atoms with Crippen LogP contribution in [-0.4, -0.2) is 15.9 Å². The number of nitrogens with zero attached hydrogens (tertiary/aromatic N) is 2. The Morgan fingerprint density at radius 2 is 1.83 bits per heavy atom. The SMILES string of the molecule is O=[N+]([O-])c1ccc(NC2CCCCCCC2)cn1. The normalized spacial score (nSPS) is 17.8. The molecule has 1 heterocycles. The van der Waals surface area contributed by atoms with E-state index < -0.39 is 4.92 Å². The minimum atomic E-state index is -0.473. The number of hydrogen-bond acceptors (Lipinski definition) is 4. The van der Waals surface area contributed by atoms with Crippen molar-refractivity contribution in [3.63, 3.8) is 0 Å². The van der Waals surface area contributed by atoms with Crippen molar-refractivity contribution in [1.82, 2.24) is 4.98 Å². The van der Waals surface area contributed by atoms with Crippen LogP contribution in [0.2, 0.25) is 0 Å². The molecule has 98 valence electrons. The summed E-state index contributed by atoms with van der Waals surface area (Å²) in [6.45, 7) is 0. The smallest absolute Gasteiger partial charge is 0.363 e. The number of pyridine rings is 1. The molecular formula is C13H19N3O2. The lowest BCUT2D eigenvalue weighted by Crippen LogP contribution is -2.20. The van der Waals surface area contributed by atoms with Crippen LogP contribution in [0.1, 0.15) is 44.9 Å². The zero-order valence-corrected chi connectivity index (χ0v) is 10.5. The summed E-state index contributed by atoms with van der Waals surface area (Å²) in [5, 5.41) is 13.9. The highest BCUT2D eigenvalue weighted by molar-refractivity contribution is 5.44. The molecule has 5 heteroatoms. The fourth-order valence-electron chi connectivity index (χ4n) is 2.42. The molecule has 0 aromatic carbocycles. The number of nitro groups is 1. The first-order valence-corrected chi connectivity index (χ1v) is 6.63. The summed E-state index contributed by atoms with van der Waals surface area (Å²) in [6, 6.07) is 3.67. The van der Waals surface area contributed by atoms with Gasteiger partial charge < -0.3 is 15.4 Å². The van der Waals surface area contributed by atoms with Crippen LogP contribution in [0.25, 0.3) is 0 Å². The molecule has 1 fully saturated rings. The quantitative estimate of drug-likeness (QED) is 0.657. The van der Waals surface area contributed by atoms with Gasteiger partial charge in [-0.25, -0.2) is 0 Å². The van der Waals surface area contributed by atoms with Crippen LogP contribution in [0.15, 0.2) is 18.3 Å². The Bertz CT molecular complexity index is 384. The maximum Gasteiger partial charge on any atom is 0.363 e. The van der Waals surface area contributed by atoms with Crippen molar-refractivity contribution < 1.29 is 4.92 Å². The van der Waals surface area contributed by atoms with Crippen molar-refractivity contribution in [3.05, 3.63) is 28.4 Å². The minimum Gasteiger partial charge on any atom is -0.379 e. The van der Waals surface area contributed by atoms with Crippen LogP contribution in [0.5, 0.6) is 0 Å². The highest BCUT2D eigenvalue weighted by Gasteiger charge is 2.12. The molecule has 0 unspecified atom stereocenters. The molecule has 0 spiro atoms. The summed E-state index contributed by atoms with van der Waals surface area (Å²) in [7, 11) is 0. The molecule has 1 aromatic rings. The largest absolute Gasteiger partial charge is 0.379 e. The average Bonchev–Trinajstić information content (AvgIpc) is 2.33. The summed E-state index contributed by atoms with van der Waals surface area (Å²) < 4.78 is 0. The Kier molecular flexibility index (Phi) is 4.50. The van der Waals surface area contributed by atoms with E-state index in [1.807, 2.05) is 0 Å². The van der Waals surface area contributed by atoms with Crippen LogP contribution >= 0.6 is 0 Å². The fourth-order valence-corrected chi connectivity index (χ4v) is 2.42. The number of anilines is 1. The van der Waals surface area contributed by atoms with Crippen molar-refractivity contribution in [2.75, 3.05) is 5.32 Å². The molecule has 1 aliphatic carbocycles. The van der Waals surface area contributed by atoms with E-state index in [1.165, 1.54) is 51.0 Å². The zero-order chi connectivity index (χ0) is 12.8. The van der Waals surface area contributed by atoms with E-state index >= 15 is 0 Å². The molecule has 0 radical (unpaired) electrons. The van der Waals surface area contributed by atoms with E-state index in [9.17, 15) is 10.1 Å². The lowest BCUT2D eigenvalue weighted by molar-refractivity contribution is -0.389. The average molecular weight is 249 g/mol. The third kappa shape index (κ3) is 3.68. The second kappa shape index (κ2) is 6.33. The molecule has 5 nitrogen and oxygen atoms in total. The lowest BCUT2D eigenvalue weighted by atomic mass is 9.96. The van der Waals surface area contributed by atoms with Crippen LogP contribution in [0.3, 0.4) is 0 Å². The van der Waals surface area contributed by atoms with Gasteiger partial charge in [0.05, 0.1) is 5.69 Å². The highest BCUT2D eigenvalue weighted by atomic mass is 16.6.